The summed E-state index contributed by atoms with van der Waals surface area (Å²) >= 11 is 6.06. The van der Waals surface area contributed by atoms with Crippen LogP contribution >= 0.6 is 11.6 Å². The van der Waals surface area contributed by atoms with E-state index in [0.29, 0.717) is 38.8 Å². The Morgan fingerprint density at radius 1 is 1.11 bits per heavy atom. The number of hydrogen-bond donors (Lipinski definition) is 1. The van der Waals surface area contributed by atoms with Gasteiger partial charge in [-0.25, -0.2) is 9.55 Å². The van der Waals surface area contributed by atoms with Gasteiger partial charge >= 0.3 is 0 Å². The fourth-order valence-corrected chi connectivity index (χ4v) is 2.90. The number of hydrogen-bond acceptors (Lipinski definition) is 5. The molecule has 0 bridgehead atoms. The van der Waals surface area contributed by atoms with Crippen LogP contribution in [0.2, 0.25) is 5.02 Å². The smallest absolute Gasteiger partial charge is 0.267 e. The first-order chi connectivity index (χ1) is 13.2. The second-order valence-electron chi connectivity index (χ2n) is 5.76. The van der Waals surface area contributed by atoms with Crippen LogP contribution < -0.4 is 10.9 Å². The molecule has 130 valence electrons. The maximum absolute atomic E-state index is 13.1. The van der Waals surface area contributed by atoms with Crippen LogP contribution in [0, 0.1) is 11.3 Å². The van der Waals surface area contributed by atoms with Crippen LogP contribution in [-0.4, -0.2) is 14.5 Å². The number of halogens is 1. The molecule has 0 unspecified atom stereocenters. The Labute approximate surface area is 159 Å². The molecule has 1 N–H and O–H groups in total. The highest BCUT2D eigenvalue weighted by atomic mass is 35.5. The fraction of sp³-hybridized carbons (Fsp3) is 0. The van der Waals surface area contributed by atoms with Gasteiger partial charge in [0, 0.05) is 16.9 Å². The Bertz CT molecular complexity index is 1230. The van der Waals surface area contributed by atoms with E-state index in [-0.39, 0.29) is 5.56 Å². The Morgan fingerprint density at radius 3 is 2.63 bits per heavy atom. The van der Waals surface area contributed by atoms with Crippen molar-refractivity contribution >= 4 is 34.1 Å². The monoisotopic (exact) mass is 373 g/mol. The minimum Gasteiger partial charge on any atom is -0.325 e. The van der Waals surface area contributed by atoms with Gasteiger partial charge in [0.25, 0.3) is 5.56 Å². The van der Waals surface area contributed by atoms with E-state index < -0.39 is 0 Å². The van der Waals surface area contributed by atoms with E-state index >= 15 is 0 Å². The van der Waals surface area contributed by atoms with E-state index in [9.17, 15) is 4.79 Å². The third kappa shape index (κ3) is 3.24. The molecular weight excluding hydrogens is 362 g/mol. The zero-order chi connectivity index (χ0) is 18.8. The highest BCUT2D eigenvalue weighted by Gasteiger charge is 2.13. The lowest BCUT2D eigenvalue weighted by Gasteiger charge is -2.15. The number of benzene rings is 2. The third-order valence-corrected chi connectivity index (χ3v) is 4.24. The summed E-state index contributed by atoms with van der Waals surface area (Å²) in [6.07, 6.45) is 3.22. The van der Waals surface area contributed by atoms with Crippen LogP contribution in [0.15, 0.2) is 71.8 Å². The summed E-state index contributed by atoms with van der Waals surface area (Å²) in [4.78, 5) is 21.8. The summed E-state index contributed by atoms with van der Waals surface area (Å²) in [6.45, 7) is 0. The van der Waals surface area contributed by atoms with E-state index in [2.05, 4.69) is 21.4 Å². The summed E-state index contributed by atoms with van der Waals surface area (Å²) in [7, 11) is 0. The van der Waals surface area contributed by atoms with E-state index in [0.717, 1.165) is 0 Å². The molecule has 6 nitrogen and oxygen atoms in total. The van der Waals surface area contributed by atoms with Crippen molar-refractivity contribution in [3.63, 3.8) is 0 Å². The third-order valence-electron chi connectivity index (χ3n) is 4.00. The van der Waals surface area contributed by atoms with Gasteiger partial charge in [-0.3, -0.25) is 9.78 Å². The van der Waals surface area contributed by atoms with Gasteiger partial charge in [-0.1, -0.05) is 11.6 Å². The zero-order valence-electron chi connectivity index (χ0n) is 13.9. The van der Waals surface area contributed by atoms with E-state index in [4.69, 9.17) is 16.9 Å². The molecule has 0 aliphatic carbocycles. The van der Waals surface area contributed by atoms with Crippen LogP contribution in [-0.2, 0) is 0 Å². The first kappa shape index (κ1) is 16.8. The Kier molecular flexibility index (Phi) is 4.29. The number of rotatable bonds is 3. The molecule has 0 radical (unpaired) electrons. The van der Waals surface area contributed by atoms with Crippen LogP contribution in [0.25, 0.3) is 16.6 Å². The molecule has 7 heteroatoms. The topological polar surface area (TPSA) is 83.6 Å². The van der Waals surface area contributed by atoms with Gasteiger partial charge in [0.1, 0.15) is 0 Å². The van der Waals surface area contributed by atoms with E-state index in [1.54, 1.807) is 67.0 Å². The molecule has 27 heavy (non-hydrogen) atoms. The van der Waals surface area contributed by atoms with Crippen LogP contribution in [0.1, 0.15) is 5.56 Å². The maximum Gasteiger partial charge on any atom is 0.267 e. The minimum atomic E-state index is -0.258. The lowest BCUT2D eigenvalue weighted by atomic mass is 10.2. The van der Waals surface area contributed by atoms with Crippen molar-refractivity contribution in [2.45, 2.75) is 0 Å². The minimum absolute atomic E-state index is 0.258. The molecule has 0 amide bonds. The molecule has 0 aliphatic rings. The lowest BCUT2D eigenvalue weighted by molar-refractivity contribution is 0.964. The normalized spacial score (nSPS) is 10.5. The highest BCUT2D eigenvalue weighted by Crippen LogP contribution is 2.22. The molecule has 0 saturated carbocycles. The quantitative estimate of drug-likeness (QED) is 0.585. The Hall–Kier alpha value is -3.69. The number of anilines is 2. The van der Waals surface area contributed by atoms with Crippen molar-refractivity contribution in [1.29, 1.82) is 5.26 Å². The number of aromatic nitrogens is 3. The second kappa shape index (κ2) is 6.90. The summed E-state index contributed by atoms with van der Waals surface area (Å²) in [5.41, 5.74) is 2.10. The van der Waals surface area contributed by atoms with Crippen molar-refractivity contribution in [3.05, 3.63) is 87.9 Å². The highest BCUT2D eigenvalue weighted by molar-refractivity contribution is 6.31. The number of nitrogens with zero attached hydrogens (tertiary/aromatic N) is 4. The van der Waals surface area contributed by atoms with Crippen LogP contribution in [0.3, 0.4) is 0 Å². The lowest BCUT2D eigenvalue weighted by Crippen LogP contribution is -2.23. The summed E-state index contributed by atoms with van der Waals surface area (Å²) in [5, 5.41) is 13.0. The molecule has 4 rings (SSSR count). The molecule has 0 aliphatic heterocycles. The average Bonchev–Trinajstić information content (AvgIpc) is 2.70. The largest absolute Gasteiger partial charge is 0.325 e. The van der Waals surface area contributed by atoms with Gasteiger partial charge in [-0.2, -0.15) is 5.26 Å². The molecule has 2 heterocycles. The number of nitrogens with one attached hydrogen (secondary N) is 1. The second-order valence-corrected chi connectivity index (χ2v) is 6.20. The summed E-state index contributed by atoms with van der Waals surface area (Å²) in [5.74, 6) is 0.340. The molecule has 0 atom stereocenters. The summed E-state index contributed by atoms with van der Waals surface area (Å²) in [6, 6.07) is 17.5. The number of nitriles is 1. The van der Waals surface area contributed by atoms with Gasteiger partial charge in [-0.15, -0.1) is 0 Å². The maximum atomic E-state index is 13.1. The molecule has 0 fully saturated rings. The van der Waals surface area contributed by atoms with Crippen molar-refractivity contribution in [2.75, 3.05) is 5.32 Å². The molecule has 4 aromatic rings. The predicted octanol–water partition coefficient (Wildman–Crippen LogP) is 4.05. The van der Waals surface area contributed by atoms with Crippen molar-refractivity contribution in [2.24, 2.45) is 0 Å². The van der Waals surface area contributed by atoms with Gasteiger partial charge in [0.15, 0.2) is 0 Å². The van der Waals surface area contributed by atoms with Crippen molar-refractivity contribution in [1.82, 2.24) is 14.5 Å². The van der Waals surface area contributed by atoms with Gasteiger partial charge in [-0.05, 0) is 54.6 Å². The zero-order valence-corrected chi connectivity index (χ0v) is 14.7. The fourth-order valence-electron chi connectivity index (χ4n) is 2.72. The van der Waals surface area contributed by atoms with Gasteiger partial charge in [0.2, 0.25) is 5.95 Å². The molecule has 0 saturated heterocycles. The molecular formula is C20H12ClN5O. The van der Waals surface area contributed by atoms with E-state index in [1.807, 2.05) is 0 Å². The Morgan fingerprint density at radius 2 is 1.93 bits per heavy atom. The average molecular weight is 374 g/mol. The van der Waals surface area contributed by atoms with Crippen LogP contribution in [0.4, 0.5) is 11.6 Å². The predicted molar refractivity (Wildman–Crippen MR) is 105 cm³/mol. The molecule has 2 aromatic carbocycles. The number of fused-ring (bicyclic) bond motifs is 1. The SMILES string of the molecule is N#Cc1ccc(Nc2nc3ccc(Cl)cc3c(=O)n2-c2cccnc2)cc1. The first-order valence-corrected chi connectivity index (χ1v) is 8.43. The van der Waals surface area contributed by atoms with Crippen molar-refractivity contribution < 1.29 is 0 Å². The van der Waals surface area contributed by atoms with Crippen LogP contribution in [0.5, 0.6) is 0 Å². The number of pyridine rings is 1. The standard InChI is InChI=1S/C20H12ClN5O/c21-14-5-8-18-17(10-14)19(27)26(16-2-1-9-23-12-16)20(25-18)24-15-6-3-13(11-22)4-7-15/h1-10,12H,(H,24,25). The van der Waals surface area contributed by atoms with Gasteiger partial charge < -0.3 is 5.32 Å². The molecule has 2 aromatic heterocycles. The van der Waals surface area contributed by atoms with Crippen molar-refractivity contribution in [3.8, 4) is 11.8 Å². The first-order valence-electron chi connectivity index (χ1n) is 8.05. The summed E-state index contributed by atoms with van der Waals surface area (Å²) < 4.78 is 1.45. The molecule has 0 spiro atoms. The van der Waals surface area contributed by atoms with Gasteiger partial charge in [0.05, 0.1) is 34.4 Å². The Balaban J connectivity index is 1.93. The van der Waals surface area contributed by atoms with E-state index in [1.165, 1.54) is 4.57 Å².